The average Bonchev–Trinajstić information content (AvgIpc) is 3.18. The quantitative estimate of drug-likeness (QED) is 0.602. The molecule has 3 aromatic rings. The Kier molecular flexibility index (Phi) is 5.27. The molecular formula is C19H14N4O2S. The molecule has 0 aliphatic heterocycles. The minimum Gasteiger partial charge on any atom is -0.459 e. The van der Waals surface area contributed by atoms with Crippen molar-refractivity contribution in [2.75, 3.05) is 16.0 Å². The standard InChI is InChI=1S/C19H14N4O2S/c20-12-13-3-1-4-16(11-13)23-19(26)22-15-8-6-14(7-9-15)21-18(24)17-5-2-10-25-17/h1-11H,(H,21,24)(H2,22,23,26). The van der Waals surface area contributed by atoms with Gasteiger partial charge in [0.25, 0.3) is 5.91 Å². The third kappa shape index (κ3) is 4.47. The second kappa shape index (κ2) is 7.96. The van der Waals surface area contributed by atoms with E-state index >= 15 is 0 Å². The second-order valence-corrected chi connectivity index (χ2v) is 5.69. The van der Waals surface area contributed by atoms with Crippen LogP contribution < -0.4 is 16.0 Å². The van der Waals surface area contributed by atoms with Crippen molar-refractivity contribution in [2.24, 2.45) is 0 Å². The van der Waals surface area contributed by atoms with E-state index in [0.717, 1.165) is 11.4 Å². The third-order valence-corrected chi connectivity index (χ3v) is 3.60. The number of anilines is 3. The van der Waals surface area contributed by atoms with E-state index in [1.807, 2.05) is 6.07 Å². The molecule has 0 fully saturated rings. The van der Waals surface area contributed by atoms with E-state index in [2.05, 4.69) is 22.0 Å². The third-order valence-electron chi connectivity index (χ3n) is 3.40. The van der Waals surface area contributed by atoms with Crippen molar-refractivity contribution < 1.29 is 9.21 Å². The van der Waals surface area contributed by atoms with Crippen LogP contribution in [0.25, 0.3) is 0 Å². The lowest BCUT2D eigenvalue weighted by atomic mass is 10.2. The molecule has 0 atom stereocenters. The van der Waals surface area contributed by atoms with Crippen LogP contribution in [-0.2, 0) is 0 Å². The number of amides is 1. The average molecular weight is 362 g/mol. The Hall–Kier alpha value is -3.63. The van der Waals surface area contributed by atoms with Crippen molar-refractivity contribution in [1.29, 1.82) is 5.26 Å². The van der Waals surface area contributed by atoms with Crippen LogP contribution in [0.4, 0.5) is 17.1 Å². The molecule has 0 aliphatic carbocycles. The Morgan fingerprint density at radius 2 is 1.62 bits per heavy atom. The van der Waals surface area contributed by atoms with Gasteiger partial charge in [-0.2, -0.15) is 5.26 Å². The molecule has 26 heavy (non-hydrogen) atoms. The fraction of sp³-hybridized carbons (Fsp3) is 0. The summed E-state index contributed by atoms with van der Waals surface area (Å²) in [6, 6.07) is 19.4. The van der Waals surface area contributed by atoms with Crippen LogP contribution in [-0.4, -0.2) is 11.0 Å². The van der Waals surface area contributed by atoms with E-state index in [0.29, 0.717) is 16.4 Å². The fourth-order valence-corrected chi connectivity index (χ4v) is 2.43. The first kappa shape index (κ1) is 17.2. The maximum Gasteiger partial charge on any atom is 0.291 e. The summed E-state index contributed by atoms with van der Waals surface area (Å²) in [6.07, 6.45) is 1.45. The first-order valence-corrected chi connectivity index (χ1v) is 8.08. The molecule has 0 unspecified atom stereocenters. The Balaban J connectivity index is 1.57. The Bertz CT molecular complexity index is 960. The molecule has 0 radical (unpaired) electrons. The number of furan rings is 1. The zero-order chi connectivity index (χ0) is 18.4. The van der Waals surface area contributed by atoms with Gasteiger partial charge in [-0.3, -0.25) is 4.79 Å². The first-order valence-electron chi connectivity index (χ1n) is 7.67. The smallest absolute Gasteiger partial charge is 0.291 e. The summed E-state index contributed by atoms with van der Waals surface area (Å²) in [6.45, 7) is 0. The highest BCUT2D eigenvalue weighted by atomic mass is 32.1. The molecule has 0 saturated carbocycles. The first-order chi connectivity index (χ1) is 12.6. The molecule has 1 amide bonds. The van der Waals surface area contributed by atoms with Crippen molar-refractivity contribution in [3.63, 3.8) is 0 Å². The predicted octanol–water partition coefficient (Wildman–Crippen LogP) is 4.21. The van der Waals surface area contributed by atoms with Gasteiger partial charge in [0.1, 0.15) is 0 Å². The molecule has 0 aliphatic rings. The Labute approximate surface area is 155 Å². The number of hydrogen-bond acceptors (Lipinski definition) is 4. The molecule has 0 saturated heterocycles. The summed E-state index contributed by atoms with van der Waals surface area (Å²) in [5.41, 5.74) is 2.67. The van der Waals surface area contributed by atoms with Gasteiger partial charge in [0.2, 0.25) is 0 Å². The maximum absolute atomic E-state index is 11.9. The number of carbonyl (C=O) groups excluding carboxylic acids is 1. The normalized spacial score (nSPS) is 9.81. The molecular weight excluding hydrogens is 348 g/mol. The number of nitriles is 1. The molecule has 0 bridgehead atoms. The van der Waals surface area contributed by atoms with E-state index < -0.39 is 0 Å². The number of carbonyl (C=O) groups is 1. The van der Waals surface area contributed by atoms with Crippen LogP contribution in [0.3, 0.4) is 0 Å². The van der Waals surface area contributed by atoms with Crippen molar-refractivity contribution >= 4 is 40.3 Å². The molecule has 128 valence electrons. The van der Waals surface area contributed by atoms with E-state index in [1.165, 1.54) is 6.26 Å². The largest absolute Gasteiger partial charge is 0.459 e. The van der Waals surface area contributed by atoms with Gasteiger partial charge in [0, 0.05) is 17.1 Å². The fourth-order valence-electron chi connectivity index (χ4n) is 2.20. The number of rotatable bonds is 4. The van der Waals surface area contributed by atoms with Crippen molar-refractivity contribution in [3.8, 4) is 6.07 Å². The van der Waals surface area contributed by atoms with Gasteiger partial charge in [-0.25, -0.2) is 0 Å². The molecule has 7 heteroatoms. The number of nitrogens with one attached hydrogen (secondary N) is 3. The van der Waals surface area contributed by atoms with Crippen molar-refractivity contribution in [2.45, 2.75) is 0 Å². The van der Waals surface area contributed by atoms with Gasteiger partial charge in [0.05, 0.1) is 17.9 Å². The Morgan fingerprint density at radius 1 is 0.923 bits per heavy atom. The highest BCUT2D eigenvalue weighted by molar-refractivity contribution is 7.80. The molecule has 0 spiro atoms. The molecule has 2 aromatic carbocycles. The van der Waals surface area contributed by atoms with Gasteiger partial charge in [-0.1, -0.05) is 6.07 Å². The van der Waals surface area contributed by atoms with Crippen LogP contribution in [0.1, 0.15) is 16.1 Å². The van der Waals surface area contributed by atoms with Crippen LogP contribution in [0.15, 0.2) is 71.3 Å². The lowest BCUT2D eigenvalue weighted by molar-refractivity contribution is 0.0996. The highest BCUT2D eigenvalue weighted by Gasteiger charge is 2.08. The van der Waals surface area contributed by atoms with Crippen LogP contribution >= 0.6 is 12.2 Å². The lowest BCUT2D eigenvalue weighted by Gasteiger charge is -2.11. The van der Waals surface area contributed by atoms with Crippen LogP contribution in [0.5, 0.6) is 0 Å². The number of benzene rings is 2. The van der Waals surface area contributed by atoms with E-state index in [1.54, 1.807) is 54.6 Å². The topological polar surface area (TPSA) is 90.1 Å². The summed E-state index contributed by atoms with van der Waals surface area (Å²) in [7, 11) is 0. The number of thiocarbonyl (C=S) groups is 1. The zero-order valence-electron chi connectivity index (χ0n) is 13.5. The summed E-state index contributed by atoms with van der Waals surface area (Å²) < 4.78 is 5.05. The number of nitrogens with zero attached hydrogens (tertiary/aromatic N) is 1. The molecule has 3 N–H and O–H groups in total. The van der Waals surface area contributed by atoms with E-state index in [4.69, 9.17) is 21.9 Å². The van der Waals surface area contributed by atoms with Gasteiger partial charge < -0.3 is 20.4 Å². The summed E-state index contributed by atoms with van der Waals surface area (Å²) >= 11 is 5.27. The summed E-state index contributed by atoms with van der Waals surface area (Å²) in [5.74, 6) is -0.0672. The van der Waals surface area contributed by atoms with Gasteiger partial charge in [0.15, 0.2) is 10.9 Å². The Morgan fingerprint density at radius 3 is 2.27 bits per heavy atom. The van der Waals surface area contributed by atoms with Crippen LogP contribution in [0, 0.1) is 11.3 Å². The van der Waals surface area contributed by atoms with E-state index in [-0.39, 0.29) is 11.7 Å². The predicted molar refractivity (Wildman–Crippen MR) is 104 cm³/mol. The van der Waals surface area contributed by atoms with Crippen LogP contribution in [0.2, 0.25) is 0 Å². The lowest BCUT2D eigenvalue weighted by Crippen LogP contribution is -2.19. The van der Waals surface area contributed by atoms with Gasteiger partial charge in [-0.05, 0) is 66.8 Å². The minimum atomic E-state index is -0.315. The SMILES string of the molecule is N#Cc1cccc(NC(=S)Nc2ccc(NC(=O)c3ccco3)cc2)c1. The minimum absolute atomic E-state index is 0.247. The summed E-state index contributed by atoms with van der Waals surface area (Å²) in [5, 5.41) is 18.1. The van der Waals surface area contributed by atoms with Gasteiger partial charge >= 0.3 is 0 Å². The van der Waals surface area contributed by atoms with E-state index in [9.17, 15) is 4.79 Å². The highest BCUT2D eigenvalue weighted by Crippen LogP contribution is 2.16. The summed E-state index contributed by atoms with van der Waals surface area (Å²) in [4.78, 5) is 11.9. The molecule has 1 heterocycles. The molecule has 3 rings (SSSR count). The van der Waals surface area contributed by atoms with Crippen molar-refractivity contribution in [3.05, 3.63) is 78.3 Å². The second-order valence-electron chi connectivity index (χ2n) is 5.28. The molecule has 6 nitrogen and oxygen atoms in total. The van der Waals surface area contributed by atoms with Crippen molar-refractivity contribution in [1.82, 2.24) is 0 Å². The van der Waals surface area contributed by atoms with Gasteiger partial charge in [-0.15, -0.1) is 0 Å². The zero-order valence-corrected chi connectivity index (χ0v) is 14.3. The maximum atomic E-state index is 11.9. The number of hydrogen-bond donors (Lipinski definition) is 3. The monoisotopic (exact) mass is 362 g/mol. The molecule has 1 aromatic heterocycles.